The largest absolute Gasteiger partial charge is 0.460 e. The van der Waals surface area contributed by atoms with Gasteiger partial charge in [-0.25, -0.2) is 13.5 Å². The van der Waals surface area contributed by atoms with E-state index in [1.54, 1.807) is 0 Å². The monoisotopic (exact) mass is 1170 g/mol. The molecule has 0 saturated carbocycles. The van der Waals surface area contributed by atoms with E-state index in [9.17, 15) is 184 Å². The van der Waals surface area contributed by atoms with Gasteiger partial charge in [-0.2, -0.15) is 175 Å². The van der Waals surface area contributed by atoms with Crippen molar-refractivity contribution in [1.82, 2.24) is 0 Å². The molecule has 0 heterocycles. The predicted molar refractivity (Wildman–Crippen MR) is 134 cm³/mol. The molecule has 0 aliphatic rings. The van der Waals surface area contributed by atoms with Gasteiger partial charge >= 0.3 is 123 Å². The van der Waals surface area contributed by atoms with Crippen LogP contribution in [0.2, 0.25) is 0 Å². The molecular formula is C24H12F40O5S. The Hall–Kier alpha value is -2.97. The van der Waals surface area contributed by atoms with Gasteiger partial charge in [-0.1, -0.05) is 0 Å². The molecule has 1 atom stereocenters. The highest BCUT2D eigenvalue weighted by Gasteiger charge is 3.01. The highest BCUT2D eigenvalue weighted by Crippen LogP contribution is 2.69. The van der Waals surface area contributed by atoms with E-state index >= 15 is 0 Å². The molecule has 0 rings (SSSR count). The van der Waals surface area contributed by atoms with Crippen molar-refractivity contribution in [3.8, 4) is 0 Å². The van der Waals surface area contributed by atoms with Crippen LogP contribution in [0.1, 0.15) is 13.8 Å². The molecule has 5 nitrogen and oxygen atoms in total. The molecule has 0 aliphatic heterocycles. The lowest BCUT2D eigenvalue weighted by Crippen LogP contribution is -2.79. The number of rotatable bonds is 23. The van der Waals surface area contributed by atoms with Crippen LogP contribution in [-0.4, -0.2) is 141 Å². The lowest BCUT2D eigenvalue weighted by Gasteiger charge is -2.46. The molecule has 0 radical (unpaired) electrons. The van der Waals surface area contributed by atoms with Gasteiger partial charge in [0.25, 0.3) is 0 Å². The predicted octanol–water partition coefficient (Wildman–Crippen LogP) is 13.2. The third kappa shape index (κ3) is 9.56. The van der Waals surface area contributed by atoms with Gasteiger partial charge in [-0.05, 0) is 6.92 Å². The Morgan fingerprint density at radius 1 is 0.371 bits per heavy atom. The second kappa shape index (κ2) is 18.2. The Labute approximate surface area is 355 Å². The van der Waals surface area contributed by atoms with Crippen molar-refractivity contribution in [2.75, 3.05) is 13.8 Å². The molecule has 70 heavy (non-hydrogen) atoms. The summed E-state index contributed by atoms with van der Waals surface area (Å²) in [5, 5.41) is -6.46. The van der Waals surface area contributed by atoms with Gasteiger partial charge in [-0.3, -0.25) is 8.92 Å². The van der Waals surface area contributed by atoms with Crippen molar-refractivity contribution in [1.29, 1.82) is 0 Å². The average molecular weight is 1170 g/mol. The number of halogens is 40. The Morgan fingerprint density at radius 2 is 0.586 bits per heavy atom. The van der Waals surface area contributed by atoms with Crippen LogP contribution in [0.4, 0.5) is 176 Å². The Bertz CT molecular complexity index is 1910. The maximum absolute atomic E-state index is 13.7. The van der Waals surface area contributed by atoms with Crippen molar-refractivity contribution in [2.45, 2.75) is 133 Å². The number of ether oxygens (including phenoxy) is 2. The van der Waals surface area contributed by atoms with Gasteiger partial charge in [0.2, 0.25) is 6.36 Å². The lowest BCUT2D eigenvalue weighted by molar-refractivity contribution is -0.504. The van der Waals surface area contributed by atoms with Gasteiger partial charge in [0.1, 0.15) is 0 Å². The van der Waals surface area contributed by atoms with E-state index in [1.165, 1.54) is 0 Å². The fraction of sp³-hybridized carbons (Fsp3) is 1.00. The van der Waals surface area contributed by atoms with E-state index in [0.717, 1.165) is 0 Å². The van der Waals surface area contributed by atoms with Crippen LogP contribution >= 0.6 is 0 Å². The highest BCUT2D eigenvalue weighted by molar-refractivity contribution is 7.87. The first-order chi connectivity index (χ1) is 29.5. The summed E-state index contributed by atoms with van der Waals surface area (Å²) in [6.45, 7) is -5.86. The average Bonchev–Trinajstić information content (AvgIpc) is 3.12. The molecule has 0 bridgehead atoms. The van der Waals surface area contributed by atoms with Crippen LogP contribution in [0.5, 0.6) is 0 Å². The summed E-state index contributed by atoms with van der Waals surface area (Å²) >= 11 is 0. The quantitative estimate of drug-likeness (QED) is 0.0754. The molecule has 0 aliphatic carbocycles. The van der Waals surface area contributed by atoms with Crippen LogP contribution in [-0.2, 0) is 23.8 Å². The molecule has 0 aromatic rings. The van der Waals surface area contributed by atoms with Crippen molar-refractivity contribution in [3.05, 3.63) is 0 Å². The molecule has 424 valence electrons. The molecule has 0 aromatic heterocycles. The third-order valence-corrected chi connectivity index (χ3v) is 8.99. The zero-order valence-corrected chi connectivity index (χ0v) is 32.2. The van der Waals surface area contributed by atoms with Gasteiger partial charge in [0.05, 0.1) is 7.11 Å². The molecule has 0 aromatic carbocycles. The molecule has 0 fully saturated rings. The van der Waals surface area contributed by atoms with Crippen LogP contribution in [0.15, 0.2) is 0 Å². The van der Waals surface area contributed by atoms with E-state index in [4.69, 9.17) is 0 Å². The molecule has 0 spiro atoms. The van der Waals surface area contributed by atoms with E-state index < -0.39 is 142 Å². The van der Waals surface area contributed by atoms with Gasteiger partial charge in [-0.15, -0.1) is 0 Å². The maximum Gasteiger partial charge on any atom is 0.460 e. The molecule has 46 heteroatoms. The standard InChI is InChI=1S/C17H5F31.C7H7F9O5S/c1-3(19,20)5(23,24)7(27,28)9(31,32)11(35,36)13(39,40)15(43,44)17(47,48)16(45,46)14(41,42)12(37,38)10(33,34)8(29,30)6(25,26)4(21,22)2-18;1-3(8)20-4(9,10)5(11,12)21-6(13,14)7(15,16)22(17,18)19-2/h2H2,1H3;3H,1-2H3. The van der Waals surface area contributed by atoms with Gasteiger partial charge in [0.15, 0.2) is 6.67 Å². The number of hydrogen-bond acceptors (Lipinski definition) is 5. The van der Waals surface area contributed by atoms with Crippen LogP contribution in [0.25, 0.3) is 0 Å². The smallest absolute Gasteiger partial charge is 0.279 e. The fourth-order valence-corrected chi connectivity index (χ4v) is 4.10. The molecule has 0 amide bonds. The second-order valence-corrected chi connectivity index (χ2v) is 14.4. The first-order valence-electron chi connectivity index (χ1n) is 15.1. The topological polar surface area (TPSA) is 61.8 Å². The van der Waals surface area contributed by atoms with E-state index in [2.05, 4.69) is 8.92 Å². The summed E-state index contributed by atoms with van der Waals surface area (Å²) in [5.41, 5.74) is 0. The van der Waals surface area contributed by atoms with Crippen LogP contribution in [0.3, 0.4) is 0 Å². The highest BCUT2D eigenvalue weighted by atomic mass is 32.2. The zero-order chi connectivity index (χ0) is 58.4. The SMILES string of the molecule is CC(F)(F)C(F)(F)C(F)(F)C(F)(F)C(F)(F)C(F)(F)C(F)(F)C(F)(F)C(F)(F)C(F)(F)C(F)(F)C(F)(F)C(F)(F)C(F)(F)C(F)(F)CF.COS(=O)(=O)C(F)(F)C(F)(F)OC(F)(F)C(F)(F)OC(C)F. The zero-order valence-electron chi connectivity index (χ0n) is 31.4. The van der Waals surface area contributed by atoms with Crippen molar-refractivity contribution in [2.24, 2.45) is 0 Å². The van der Waals surface area contributed by atoms with E-state index in [0.29, 0.717) is 0 Å². The molecule has 1 unspecified atom stereocenters. The summed E-state index contributed by atoms with van der Waals surface area (Å²) < 4.78 is 557. The lowest BCUT2D eigenvalue weighted by atomic mass is 9.83. The summed E-state index contributed by atoms with van der Waals surface area (Å²) in [6.07, 6.45) is -22.4. The summed E-state index contributed by atoms with van der Waals surface area (Å²) in [7, 11) is -6.53. The molecule has 0 saturated heterocycles. The minimum atomic E-state index is -10.0. The third-order valence-electron chi connectivity index (χ3n) is 7.69. The Kier molecular flexibility index (Phi) is 17.9. The number of alkyl halides is 40. The normalized spacial score (nSPS) is 17.1. The van der Waals surface area contributed by atoms with E-state index in [-0.39, 0.29) is 14.0 Å². The van der Waals surface area contributed by atoms with E-state index in [1.807, 2.05) is 4.74 Å². The van der Waals surface area contributed by atoms with Crippen molar-refractivity contribution < 1.29 is 198 Å². The number of hydrogen-bond donors (Lipinski definition) is 0. The minimum Gasteiger partial charge on any atom is -0.279 e. The van der Waals surface area contributed by atoms with Crippen LogP contribution in [0, 0.1) is 0 Å². The maximum atomic E-state index is 13.7. The minimum absolute atomic E-state index is 0.0278. The molecule has 0 N–H and O–H groups in total. The Balaban J connectivity index is 0. The first kappa shape index (κ1) is 69.1. The summed E-state index contributed by atoms with van der Waals surface area (Å²) in [6, 6.07) is 0. The van der Waals surface area contributed by atoms with Gasteiger partial charge in [0, 0.05) is 6.92 Å². The first-order valence-corrected chi connectivity index (χ1v) is 16.5. The van der Waals surface area contributed by atoms with Crippen molar-refractivity contribution in [3.63, 3.8) is 0 Å². The van der Waals surface area contributed by atoms with Gasteiger partial charge < -0.3 is 0 Å². The summed E-state index contributed by atoms with van der Waals surface area (Å²) in [4.78, 5) is 0. The second-order valence-electron chi connectivity index (χ2n) is 12.6. The van der Waals surface area contributed by atoms with Crippen LogP contribution < -0.4 is 0 Å². The summed E-state index contributed by atoms with van der Waals surface area (Å²) in [5.74, 6) is -137. The Morgan fingerprint density at radius 3 is 0.771 bits per heavy atom. The van der Waals surface area contributed by atoms with Crippen molar-refractivity contribution >= 4 is 10.1 Å². The molecular weight excluding hydrogens is 1160 g/mol. The fourth-order valence-electron chi connectivity index (χ4n) is 3.56.